The molecule has 0 aromatic rings. The summed E-state index contributed by atoms with van der Waals surface area (Å²) in [6, 6.07) is -1.53. The summed E-state index contributed by atoms with van der Waals surface area (Å²) in [5, 5.41) is 12.6. The molecule has 1 rings (SSSR count). The standard InChI is InChI=1S/C12H19F3N2O4/c1-7(8-3-5-21-6-4-8)16-10(20)17-11(2,9(18)19)12(13,14)15/h7-8H,3-6H2,1-2H3,(H,18,19)(H2,16,17,20). The molecule has 0 spiro atoms. The van der Waals surface area contributed by atoms with E-state index in [9.17, 15) is 22.8 Å². The van der Waals surface area contributed by atoms with Crippen LogP contribution < -0.4 is 10.6 Å². The highest BCUT2D eigenvalue weighted by atomic mass is 19.4. The van der Waals surface area contributed by atoms with E-state index in [-0.39, 0.29) is 12.0 Å². The predicted molar refractivity (Wildman–Crippen MR) is 66.8 cm³/mol. The minimum atomic E-state index is -5.10. The Balaban J connectivity index is 2.64. The maximum Gasteiger partial charge on any atom is 0.422 e. The van der Waals surface area contributed by atoms with Crippen molar-refractivity contribution in [2.45, 2.75) is 44.4 Å². The van der Waals surface area contributed by atoms with Crippen LogP contribution in [-0.4, -0.2) is 48.1 Å². The molecule has 1 fully saturated rings. The fourth-order valence-electron chi connectivity index (χ4n) is 2.05. The number of rotatable bonds is 4. The summed E-state index contributed by atoms with van der Waals surface area (Å²) < 4.78 is 43.5. The van der Waals surface area contributed by atoms with E-state index in [1.54, 1.807) is 6.92 Å². The molecule has 0 aromatic heterocycles. The second-order valence-corrected chi connectivity index (χ2v) is 5.26. The van der Waals surface area contributed by atoms with Crippen molar-refractivity contribution in [3.8, 4) is 0 Å². The Labute approximate surface area is 120 Å². The third kappa shape index (κ3) is 4.23. The number of hydrogen-bond donors (Lipinski definition) is 3. The monoisotopic (exact) mass is 312 g/mol. The molecule has 9 heteroatoms. The third-order valence-corrected chi connectivity index (χ3v) is 3.69. The van der Waals surface area contributed by atoms with E-state index in [0.717, 1.165) is 0 Å². The van der Waals surface area contributed by atoms with E-state index in [1.165, 1.54) is 5.32 Å². The molecule has 2 amide bonds. The Bertz CT molecular complexity index is 396. The van der Waals surface area contributed by atoms with Gasteiger partial charge in [-0.1, -0.05) is 0 Å². The predicted octanol–water partition coefficient (Wildman–Crippen LogP) is 1.51. The highest BCUT2D eigenvalue weighted by Crippen LogP contribution is 2.30. The van der Waals surface area contributed by atoms with Crippen LogP contribution in [0.25, 0.3) is 0 Å². The van der Waals surface area contributed by atoms with E-state index in [0.29, 0.717) is 33.0 Å². The lowest BCUT2D eigenvalue weighted by atomic mass is 9.93. The number of urea groups is 1. The van der Waals surface area contributed by atoms with Crippen molar-refractivity contribution in [1.82, 2.24) is 10.6 Å². The molecular formula is C12H19F3N2O4. The SMILES string of the molecule is CC(NC(=O)NC(C)(C(=O)O)C(F)(F)F)C1CCOCC1. The Morgan fingerprint density at radius 3 is 2.24 bits per heavy atom. The zero-order valence-electron chi connectivity index (χ0n) is 11.8. The molecule has 2 unspecified atom stereocenters. The van der Waals surface area contributed by atoms with Gasteiger partial charge in [0, 0.05) is 19.3 Å². The van der Waals surface area contributed by atoms with Crippen molar-refractivity contribution in [1.29, 1.82) is 0 Å². The van der Waals surface area contributed by atoms with Gasteiger partial charge in [-0.2, -0.15) is 13.2 Å². The summed E-state index contributed by atoms with van der Waals surface area (Å²) in [6.45, 7) is 3.15. The number of carbonyl (C=O) groups excluding carboxylic acids is 1. The maximum atomic E-state index is 12.8. The summed E-state index contributed by atoms with van der Waals surface area (Å²) in [7, 11) is 0. The van der Waals surface area contributed by atoms with Crippen molar-refractivity contribution < 1.29 is 32.6 Å². The molecular weight excluding hydrogens is 293 g/mol. The van der Waals surface area contributed by atoms with Gasteiger partial charge in [-0.05, 0) is 32.6 Å². The Hall–Kier alpha value is -1.51. The molecule has 0 radical (unpaired) electrons. The van der Waals surface area contributed by atoms with Crippen molar-refractivity contribution in [3.63, 3.8) is 0 Å². The van der Waals surface area contributed by atoms with Gasteiger partial charge in [-0.3, -0.25) is 0 Å². The summed E-state index contributed by atoms with van der Waals surface area (Å²) in [5.74, 6) is -2.07. The van der Waals surface area contributed by atoms with E-state index in [2.05, 4.69) is 5.32 Å². The second kappa shape index (κ2) is 6.50. The maximum absolute atomic E-state index is 12.8. The van der Waals surface area contributed by atoms with Crippen LogP contribution in [0.15, 0.2) is 0 Å². The second-order valence-electron chi connectivity index (χ2n) is 5.26. The quantitative estimate of drug-likeness (QED) is 0.734. The number of alkyl halides is 3. The minimum Gasteiger partial charge on any atom is -0.479 e. The zero-order chi connectivity index (χ0) is 16.3. The molecule has 2 atom stereocenters. The lowest BCUT2D eigenvalue weighted by molar-refractivity contribution is -0.203. The van der Waals surface area contributed by atoms with Crippen LogP contribution in [0.5, 0.6) is 0 Å². The van der Waals surface area contributed by atoms with Crippen LogP contribution in [0.2, 0.25) is 0 Å². The van der Waals surface area contributed by atoms with Gasteiger partial charge < -0.3 is 20.5 Å². The summed E-state index contributed by atoms with van der Waals surface area (Å²) in [6.07, 6.45) is -3.72. The van der Waals surface area contributed by atoms with Gasteiger partial charge in [0.15, 0.2) is 0 Å². The number of carboxylic acids is 1. The molecule has 1 aliphatic rings. The number of ether oxygens (including phenoxy) is 1. The van der Waals surface area contributed by atoms with Gasteiger partial charge in [-0.25, -0.2) is 9.59 Å². The molecule has 122 valence electrons. The summed E-state index contributed by atoms with van der Waals surface area (Å²) in [5.41, 5.74) is -3.33. The molecule has 6 nitrogen and oxygen atoms in total. The minimum absolute atomic E-state index is 0.0893. The van der Waals surface area contributed by atoms with Crippen molar-refractivity contribution in [3.05, 3.63) is 0 Å². The highest BCUT2D eigenvalue weighted by molar-refractivity contribution is 5.86. The van der Waals surface area contributed by atoms with Crippen molar-refractivity contribution in [2.24, 2.45) is 5.92 Å². The number of nitrogens with one attached hydrogen (secondary N) is 2. The molecule has 3 N–H and O–H groups in total. The first-order valence-corrected chi connectivity index (χ1v) is 6.54. The van der Waals surface area contributed by atoms with Gasteiger partial charge >= 0.3 is 18.2 Å². The van der Waals surface area contributed by atoms with Gasteiger partial charge in [-0.15, -0.1) is 0 Å². The van der Waals surface area contributed by atoms with Crippen LogP contribution in [-0.2, 0) is 9.53 Å². The zero-order valence-corrected chi connectivity index (χ0v) is 11.8. The van der Waals surface area contributed by atoms with Crippen molar-refractivity contribution >= 4 is 12.0 Å². The lowest BCUT2D eigenvalue weighted by Gasteiger charge is -2.31. The molecule has 0 aromatic carbocycles. The molecule has 0 bridgehead atoms. The number of hydrogen-bond acceptors (Lipinski definition) is 3. The molecule has 1 aliphatic heterocycles. The fraction of sp³-hybridized carbons (Fsp3) is 0.833. The first-order chi connectivity index (χ1) is 9.58. The third-order valence-electron chi connectivity index (χ3n) is 3.69. The van der Waals surface area contributed by atoms with Crippen LogP contribution in [0.3, 0.4) is 0 Å². The number of carbonyl (C=O) groups is 2. The van der Waals surface area contributed by atoms with E-state index in [1.807, 2.05) is 0 Å². The first-order valence-electron chi connectivity index (χ1n) is 6.54. The first kappa shape index (κ1) is 17.5. The average molecular weight is 312 g/mol. The van der Waals surface area contributed by atoms with Crippen molar-refractivity contribution in [2.75, 3.05) is 13.2 Å². The smallest absolute Gasteiger partial charge is 0.422 e. The van der Waals surface area contributed by atoms with Gasteiger partial charge in [0.1, 0.15) is 0 Å². The summed E-state index contributed by atoms with van der Waals surface area (Å²) in [4.78, 5) is 22.5. The van der Waals surface area contributed by atoms with Gasteiger partial charge in [0.2, 0.25) is 5.54 Å². The molecule has 0 aliphatic carbocycles. The van der Waals surface area contributed by atoms with E-state index < -0.39 is 23.7 Å². The largest absolute Gasteiger partial charge is 0.479 e. The van der Waals surface area contributed by atoms with E-state index >= 15 is 0 Å². The normalized spacial score (nSPS) is 21.2. The topological polar surface area (TPSA) is 87.7 Å². The molecule has 1 heterocycles. The molecule has 1 saturated heterocycles. The van der Waals surface area contributed by atoms with Crippen LogP contribution in [0.4, 0.5) is 18.0 Å². The highest BCUT2D eigenvalue weighted by Gasteiger charge is 2.58. The van der Waals surface area contributed by atoms with Gasteiger partial charge in [0.05, 0.1) is 0 Å². The Morgan fingerprint density at radius 1 is 1.29 bits per heavy atom. The number of amides is 2. The Kier molecular flexibility index (Phi) is 5.43. The van der Waals surface area contributed by atoms with Crippen LogP contribution in [0.1, 0.15) is 26.7 Å². The van der Waals surface area contributed by atoms with Gasteiger partial charge in [0.25, 0.3) is 0 Å². The number of carboxylic acid groups (broad SMARTS) is 1. The number of aliphatic carboxylic acids is 1. The fourth-order valence-corrected chi connectivity index (χ4v) is 2.05. The number of halogens is 3. The summed E-state index contributed by atoms with van der Waals surface area (Å²) >= 11 is 0. The van der Waals surface area contributed by atoms with Crippen LogP contribution >= 0.6 is 0 Å². The van der Waals surface area contributed by atoms with Crippen LogP contribution in [0, 0.1) is 5.92 Å². The average Bonchev–Trinajstić information content (AvgIpc) is 2.37. The molecule has 0 saturated carbocycles. The van der Waals surface area contributed by atoms with E-state index in [4.69, 9.17) is 9.84 Å². The lowest BCUT2D eigenvalue weighted by Crippen LogP contribution is -2.64. The Morgan fingerprint density at radius 2 is 1.81 bits per heavy atom. The molecule has 21 heavy (non-hydrogen) atoms.